The number of thioether (sulfide) groups is 1. The van der Waals surface area contributed by atoms with Crippen molar-refractivity contribution in [1.29, 1.82) is 0 Å². The fourth-order valence-electron chi connectivity index (χ4n) is 0.788. The third kappa shape index (κ3) is 3.96. The lowest BCUT2D eigenvalue weighted by atomic mass is 10.2. The second-order valence-electron chi connectivity index (χ2n) is 2.41. The van der Waals surface area contributed by atoms with Gasteiger partial charge in [0, 0.05) is 11.8 Å². The summed E-state index contributed by atoms with van der Waals surface area (Å²) in [6.07, 6.45) is 2.12. The molecule has 0 saturated carbocycles. The summed E-state index contributed by atoms with van der Waals surface area (Å²) < 4.78 is 0. The van der Waals surface area contributed by atoms with E-state index in [4.69, 9.17) is 0 Å². The molecule has 0 aliphatic heterocycles. The second-order valence-corrected chi connectivity index (χ2v) is 3.32. The van der Waals surface area contributed by atoms with Crippen LogP contribution in [0, 0.1) is 0 Å². The first kappa shape index (κ1) is 10.0. The molecule has 0 bridgehead atoms. The van der Waals surface area contributed by atoms with E-state index in [0.717, 1.165) is 12.3 Å². The quantitative estimate of drug-likeness (QED) is 0.615. The van der Waals surface area contributed by atoms with E-state index in [2.05, 4.69) is 32.0 Å². The van der Waals surface area contributed by atoms with Crippen LogP contribution in [0.3, 0.4) is 0 Å². The molecule has 1 nitrogen and oxygen atoms in total. The summed E-state index contributed by atoms with van der Waals surface area (Å²) in [4.78, 5) is 0. The van der Waals surface area contributed by atoms with Crippen LogP contribution in [0.5, 0.6) is 0 Å². The summed E-state index contributed by atoms with van der Waals surface area (Å²) in [5.74, 6) is 1.13. The first-order chi connectivity index (χ1) is 4.72. The molecule has 0 heterocycles. The van der Waals surface area contributed by atoms with Crippen molar-refractivity contribution in [3.63, 3.8) is 0 Å². The zero-order valence-electron chi connectivity index (χ0n) is 7.11. The van der Waals surface area contributed by atoms with Crippen LogP contribution in [0.2, 0.25) is 0 Å². The predicted molar refractivity (Wildman–Crippen MR) is 50.7 cm³/mol. The van der Waals surface area contributed by atoms with Crippen LogP contribution in [0.25, 0.3) is 0 Å². The molecule has 1 N–H and O–H groups in total. The van der Waals surface area contributed by atoms with Crippen LogP contribution in [0.4, 0.5) is 0 Å². The highest BCUT2D eigenvalue weighted by Gasteiger charge is 2.04. The van der Waals surface area contributed by atoms with E-state index >= 15 is 0 Å². The molecule has 2 heteroatoms. The van der Waals surface area contributed by atoms with Crippen molar-refractivity contribution in [3.8, 4) is 0 Å². The number of rotatable bonds is 5. The van der Waals surface area contributed by atoms with E-state index in [-0.39, 0.29) is 0 Å². The molecule has 1 unspecified atom stereocenters. The summed E-state index contributed by atoms with van der Waals surface area (Å²) in [5, 5.41) is 3.36. The Morgan fingerprint density at radius 1 is 1.70 bits per heavy atom. The van der Waals surface area contributed by atoms with E-state index in [1.54, 1.807) is 0 Å². The maximum absolute atomic E-state index is 3.92. The van der Waals surface area contributed by atoms with E-state index < -0.39 is 0 Å². The van der Waals surface area contributed by atoms with Gasteiger partial charge < -0.3 is 5.32 Å². The summed E-state index contributed by atoms with van der Waals surface area (Å²) in [7, 11) is 0. The minimum atomic E-state index is 0.500. The number of likely N-dealkylation sites (N-methyl/N-ethyl adjacent to an activating group) is 1. The SMILES string of the molecule is C=C(C)C(CSC)NCC. The predicted octanol–water partition coefficient (Wildman–Crippen LogP) is 1.90. The Balaban J connectivity index is 3.61. The average Bonchev–Trinajstić information content (AvgIpc) is 1.87. The monoisotopic (exact) mass is 159 g/mol. The van der Waals surface area contributed by atoms with E-state index in [9.17, 15) is 0 Å². The molecule has 0 fully saturated rings. The Morgan fingerprint density at radius 2 is 2.30 bits per heavy atom. The normalized spacial score (nSPS) is 13.1. The molecule has 60 valence electrons. The van der Waals surface area contributed by atoms with Crippen LogP contribution in [-0.4, -0.2) is 24.6 Å². The molecule has 0 rings (SSSR count). The smallest absolute Gasteiger partial charge is 0.0365 e. The highest BCUT2D eigenvalue weighted by Crippen LogP contribution is 2.04. The van der Waals surface area contributed by atoms with Gasteiger partial charge in [0.05, 0.1) is 0 Å². The Kier molecular flexibility index (Phi) is 5.84. The maximum atomic E-state index is 3.92. The van der Waals surface area contributed by atoms with Gasteiger partial charge in [0.25, 0.3) is 0 Å². The summed E-state index contributed by atoms with van der Waals surface area (Å²) >= 11 is 1.85. The first-order valence-electron chi connectivity index (χ1n) is 3.60. The van der Waals surface area contributed by atoms with Gasteiger partial charge in [-0.1, -0.05) is 19.1 Å². The van der Waals surface area contributed by atoms with Crippen LogP contribution < -0.4 is 5.32 Å². The van der Waals surface area contributed by atoms with Gasteiger partial charge in [-0.25, -0.2) is 0 Å². The van der Waals surface area contributed by atoms with Crippen LogP contribution in [0.15, 0.2) is 12.2 Å². The van der Waals surface area contributed by atoms with Gasteiger partial charge in [-0.05, 0) is 19.7 Å². The summed E-state index contributed by atoms with van der Waals surface area (Å²) in [6, 6.07) is 0.500. The average molecular weight is 159 g/mol. The van der Waals surface area contributed by atoms with Gasteiger partial charge in [-0.15, -0.1) is 0 Å². The Bertz CT molecular complexity index is 95.4. The minimum Gasteiger partial charge on any atom is -0.310 e. The molecule has 0 radical (unpaired) electrons. The molecular formula is C8H17NS. The highest BCUT2D eigenvalue weighted by atomic mass is 32.2. The molecule has 0 aromatic rings. The lowest BCUT2D eigenvalue weighted by Gasteiger charge is -2.15. The van der Waals surface area contributed by atoms with Crippen molar-refractivity contribution >= 4 is 11.8 Å². The molecule has 1 atom stereocenters. The fourth-order valence-corrected chi connectivity index (χ4v) is 1.52. The number of hydrogen-bond acceptors (Lipinski definition) is 2. The fraction of sp³-hybridized carbons (Fsp3) is 0.750. The van der Waals surface area contributed by atoms with Crippen molar-refractivity contribution in [2.45, 2.75) is 19.9 Å². The molecule has 0 aromatic heterocycles. The highest BCUT2D eigenvalue weighted by molar-refractivity contribution is 7.98. The van der Waals surface area contributed by atoms with Gasteiger partial charge in [-0.2, -0.15) is 11.8 Å². The lowest BCUT2D eigenvalue weighted by Crippen LogP contribution is -2.31. The second kappa shape index (κ2) is 5.81. The Morgan fingerprint density at radius 3 is 2.60 bits per heavy atom. The minimum absolute atomic E-state index is 0.500. The molecule has 0 aliphatic carbocycles. The first-order valence-corrected chi connectivity index (χ1v) is 4.99. The van der Waals surface area contributed by atoms with Crippen molar-refractivity contribution in [1.82, 2.24) is 5.32 Å². The molecule has 0 saturated heterocycles. The summed E-state index contributed by atoms with van der Waals surface area (Å²) in [6.45, 7) is 9.14. The van der Waals surface area contributed by atoms with E-state index in [1.165, 1.54) is 5.57 Å². The third-order valence-electron chi connectivity index (χ3n) is 1.38. The van der Waals surface area contributed by atoms with Crippen molar-refractivity contribution in [2.75, 3.05) is 18.6 Å². The zero-order chi connectivity index (χ0) is 7.98. The molecule has 0 amide bonds. The van der Waals surface area contributed by atoms with Gasteiger partial charge >= 0.3 is 0 Å². The van der Waals surface area contributed by atoms with E-state index in [0.29, 0.717) is 6.04 Å². The standard InChI is InChI=1S/C8H17NS/c1-5-9-8(6-10-4)7(2)3/h8-9H,2,5-6H2,1,3-4H3. The van der Waals surface area contributed by atoms with Crippen LogP contribution in [-0.2, 0) is 0 Å². The zero-order valence-corrected chi connectivity index (χ0v) is 7.92. The number of nitrogens with one attached hydrogen (secondary N) is 1. The number of hydrogen-bond donors (Lipinski definition) is 1. The molecule has 0 aromatic carbocycles. The van der Waals surface area contributed by atoms with Crippen molar-refractivity contribution in [2.24, 2.45) is 0 Å². The lowest BCUT2D eigenvalue weighted by molar-refractivity contribution is 0.642. The van der Waals surface area contributed by atoms with Gasteiger partial charge in [0.1, 0.15) is 0 Å². The third-order valence-corrected chi connectivity index (χ3v) is 2.05. The van der Waals surface area contributed by atoms with Gasteiger partial charge in [0.2, 0.25) is 0 Å². The molecular weight excluding hydrogens is 142 g/mol. The topological polar surface area (TPSA) is 12.0 Å². The van der Waals surface area contributed by atoms with Gasteiger partial charge in [-0.3, -0.25) is 0 Å². The molecule has 10 heavy (non-hydrogen) atoms. The van der Waals surface area contributed by atoms with Crippen LogP contribution in [0.1, 0.15) is 13.8 Å². The van der Waals surface area contributed by atoms with Crippen molar-refractivity contribution < 1.29 is 0 Å². The van der Waals surface area contributed by atoms with Crippen LogP contribution >= 0.6 is 11.8 Å². The van der Waals surface area contributed by atoms with Crippen molar-refractivity contribution in [3.05, 3.63) is 12.2 Å². The van der Waals surface area contributed by atoms with Gasteiger partial charge in [0.15, 0.2) is 0 Å². The maximum Gasteiger partial charge on any atom is 0.0365 e. The Hall–Kier alpha value is 0.0500. The molecule has 0 spiro atoms. The molecule has 0 aliphatic rings. The summed E-state index contributed by atoms with van der Waals surface area (Å²) in [5.41, 5.74) is 1.23. The van der Waals surface area contributed by atoms with E-state index in [1.807, 2.05) is 11.8 Å². The Labute approximate surface area is 68.3 Å². The largest absolute Gasteiger partial charge is 0.310 e.